The van der Waals surface area contributed by atoms with Crippen LogP contribution in [0.15, 0.2) is 29.3 Å². The lowest BCUT2D eigenvalue weighted by Crippen LogP contribution is -2.40. The largest absolute Gasteiger partial charge is 0.356 e. The van der Waals surface area contributed by atoms with Gasteiger partial charge in [-0.2, -0.15) is 0 Å². The van der Waals surface area contributed by atoms with E-state index in [1.807, 2.05) is 18.0 Å². The number of guanidine groups is 1. The van der Waals surface area contributed by atoms with Gasteiger partial charge < -0.3 is 20.0 Å². The topological polar surface area (TPSA) is 34.1 Å². The van der Waals surface area contributed by atoms with Gasteiger partial charge in [-0.1, -0.05) is 12.1 Å². The summed E-state index contributed by atoms with van der Waals surface area (Å²) < 4.78 is 13.3. The van der Waals surface area contributed by atoms with Gasteiger partial charge in [0.15, 0.2) is 5.96 Å². The molecule has 0 atom stereocenters. The summed E-state index contributed by atoms with van der Waals surface area (Å²) in [6.07, 6.45) is 2.35. The summed E-state index contributed by atoms with van der Waals surface area (Å²) in [6.45, 7) is 7.36. The molecule has 0 spiro atoms. The third-order valence-electron chi connectivity index (χ3n) is 4.63. The van der Waals surface area contributed by atoms with Gasteiger partial charge in [-0.05, 0) is 57.2 Å². The molecular formula is C19H32FN5. The number of nitrogens with zero attached hydrogens (tertiary/aromatic N) is 4. The quantitative estimate of drug-likeness (QED) is 0.483. The number of aliphatic imine (C=N–C) groups is 1. The Morgan fingerprint density at radius 3 is 2.88 bits per heavy atom. The van der Waals surface area contributed by atoms with Gasteiger partial charge in [-0.15, -0.1) is 0 Å². The molecule has 1 fully saturated rings. The highest BCUT2D eigenvalue weighted by Gasteiger charge is 2.12. The lowest BCUT2D eigenvalue weighted by molar-refractivity contribution is 0.273. The predicted octanol–water partition coefficient (Wildman–Crippen LogP) is 1.86. The number of halogens is 1. The first-order valence-electron chi connectivity index (χ1n) is 9.15. The lowest BCUT2D eigenvalue weighted by Gasteiger charge is -2.23. The zero-order chi connectivity index (χ0) is 18.1. The van der Waals surface area contributed by atoms with Crippen molar-refractivity contribution in [2.75, 3.05) is 60.4 Å². The molecule has 1 aliphatic rings. The van der Waals surface area contributed by atoms with Gasteiger partial charge >= 0.3 is 0 Å². The van der Waals surface area contributed by atoms with Crippen molar-refractivity contribution in [1.29, 1.82) is 0 Å². The molecule has 2 rings (SSSR count). The number of nitrogens with one attached hydrogen (secondary N) is 1. The molecule has 1 saturated heterocycles. The summed E-state index contributed by atoms with van der Waals surface area (Å²) >= 11 is 0. The van der Waals surface area contributed by atoms with E-state index in [2.05, 4.69) is 27.2 Å². The highest BCUT2D eigenvalue weighted by atomic mass is 19.1. The Hall–Kier alpha value is -1.66. The van der Waals surface area contributed by atoms with Crippen molar-refractivity contribution < 1.29 is 4.39 Å². The van der Waals surface area contributed by atoms with Crippen LogP contribution in [0.4, 0.5) is 4.39 Å². The minimum atomic E-state index is -0.197. The SMILES string of the molecule is CN=C(NCCCN1CCCN(C)CC1)N(C)Cc1cccc(F)c1. The zero-order valence-corrected chi connectivity index (χ0v) is 15.8. The molecule has 0 aromatic heterocycles. The Morgan fingerprint density at radius 2 is 2.12 bits per heavy atom. The van der Waals surface area contributed by atoms with Crippen LogP contribution in [0.2, 0.25) is 0 Å². The Kier molecular flexibility index (Phi) is 8.15. The van der Waals surface area contributed by atoms with E-state index in [0.29, 0.717) is 6.54 Å². The average Bonchev–Trinajstić information content (AvgIpc) is 2.79. The maximum atomic E-state index is 13.3. The molecule has 0 saturated carbocycles. The van der Waals surface area contributed by atoms with Crippen LogP contribution in [0.25, 0.3) is 0 Å². The molecule has 0 bridgehead atoms. The average molecular weight is 349 g/mol. The maximum absolute atomic E-state index is 13.3. The van der Waals surface area contributed by atoms with E-state index in [9.17, 15) is 4.39 Å². The molecule has 6 heteroatoms. The molecular weight excluding hydrogens is 317 g/mol. The summed E-state index contributed by atoms with van der Waals surface area (Å²) in [5.74, 6) is 0.650. The Morgan fingerprint density at radius 1 is 1.28 bits per heavy atom. The first kappa shape index (κ1) is 19.7. The fraction of sp³-hybridized carbons (Fsp3) is 0.632. The van der Waals surface area contributed by atoms with Gasteiger partial charge in [0.1, 0.15) is 5.82 Å². The monoisotopic (exact) mass is 349 g/mol. The first-order chi connectivity index (χ1) is 12.1. The van der Waals surface area contributed by atoms with Gasteiger partial charge in [-0.25, -0.2) is 4.39 Å². The van der Waals surface area contributed by atoms with Crippen molar-refractivity contribution in [2.24, 2.45) is 4.99 Å². The Balaban J connectivity index is 1.70. The summed E-state index contributed by atoms with van der Waals surface area (Å²) in [7, 11) is 5.96. The standard InChI is InChI=1S/C19H32FN5/c1-21-19(24(3)16-17-7-4-8-18(20)15-17)22-9-5-11-25-12-6-10-23(2)13-14-25/h4,7-8,15H,5-6,9-14,16H2,1-3H3,(H,21,22). The second kappa shape index (κ2) is 10.4. The second-order valence-corrected chi connectivity index (χ2v) is 6.81. The highest BCUT2D eigenvalue weighted by Crippen LogP contribution is 2.06. The second-order valence-electron chi connectivity index (χ2n) is 6.81. The van der Waals surface area contributed by atoms with Gasteiger partial charge in [-0.3, -0.25) is 4.99 Å². The van der Waals surface area contributed by atoms with Crippen molar-refractivity contribution >= 4 is 5.96 Å². The summed E-state index contributed by atoms with van der Waals surface area (Å²) in [5.41, 5.74) is 0.944. The number of benzene rings is 1. The lowest BCUT2D eigenvalue weighted by atomic mass is 10.2. The van der Waals surface area contributed by atoms with Crippen LogP contribution in [-0.4, -0.2) is 81.1 Å². The third-order valence-corrected chi connectivity index (χ3v) is 4.63. The van der Waals surface area contributed by atoms with Crippen LogP contribution in [0.1, 0.15) is 18.4 Å². The van der Waals surface area contributed by atoms with E-state index in [1.165, 1.54) is 25.6 Å². The van der Waals surface area contributed by atoms with Gasteiger partial charge in [0.25, 0.3) is 0 Å². The molecule has 0 unspecified atom stereocenters. The minimum absolute atomic E-state index is 0.197. The summed E-state index contributed by atoms with van der Waals surface area (Å²) in [4.78, 5) is 11.3. The van der Waals surface area contributed by atoms with E-state index in [-0.39, 0.29) is 5.82 Å². The molecule has 0 radical (unpaired) electrons. The molecule has 1 aromatic rings. The molecule has 25 heavy (non-hydrogen) atoms. The van der Waals surface area contributed by atoms with Crippen LogP contribution >= 0.6 is 0 Å². The molecule has 1 N–H and O–H groups in total. The summed E-state index contributed by atoms with van der Waals surface area (Å²) in [6, 6.07) is 6.72. The van der Waals surface area contributed by atoms with Crippen molar-refractivity contribution in [3.8, 4) is 0 Å². The van der Waals surface area contributed by atoms with Crippen LogP contribution in [0, 0.1) is 5.82 Å². The van der Waals surface area contributed by atoms with Gasteiger partial charge in [0.05, 0.1) is 0 Å². The van der Waals surface area contributed by atoms with Crippen molar-refractivity contribution in [3.05, 3.63) is 35.6 Å². The molecule has 1 heterocycles. The van der Waals surface area contributed by atoms with Crippen molar-refractivity contribution in [2.45, 2.75) is 19.4 Å². The van der Waals surface area contributed by atoms with E-state index >= 15 is 0 Å². The predicted molar refractivity (Wildman–Crippen MR) is 102 cm³/mol. The molecule has 0 aliphatic carbocycles. The van der Waals surface area contributed by atoms with E-state index in [0.717, 1.165) is 44.1 Å². The summed E-state index contributed by atoms with van der Waals surface area (Å²) in [5, 5.41) is 3.41. The maximum Gasteiger partial charge on any atom is 0.193 e. The van der Waals surface area contributed by atoms with Crippen LogP contribution < -0.4 is 5.32 Å². The van der Waals surface area contributed by atoms with Gasteiger partial charge in [0.2, 0.25) is 0 Å². The third kappa shape index (κ3) is 7.00. The molecule has 140 valence electrons. The Labute approximate surface area is 151 Å². The van der Waals surface area contributed by atoms with E-state index in [4.69, 9.17) is 0 Å². The minimum Gasteiger partial charge on any atom is -0.356 e. The highest BCUT2D eigenvalue weighted by molar-refractivity contribution is 5.79. The van der Waals surface area contributed by atoms with E-state index in [1.54, 1.807) is 19.2 Å². The van der Waals surface area contributed by atoms with Crippen LogP contribution in [-0.2, 0) is 6.54 Å². The normalized spacial score (nSPS) is 17.4. The Bertz CT molecular complexity index is 548. The van der Waals surface area contributed by atoms with Crippen LogP contribution in [0.3, 0.4) is 0 Å². The fourth-order valence-electron chi connectivity index (χ4n) is 3.20. The number of hydrogen-bond acceptors (Lipinski definition) is 3. The smallest absolute Gasteiger partial charge is 0.193 e. The number of hydrogen-bond donors (Lipinski definition) is 1. The van der Waals surface area contributed by atoms with E-state index < -0.39 is 0 Å². The van der Waals surface area contributed by atoms with Gasteiger partial charge in [0, 0.05) is 40.3 Å². The molecule has 1 aromatic carbocycles. The first-order valence-corrected chi connectivity index (χ1v) is 9.15. The van der Waals surface area contributed by atoms with Crippen molar-refractivity contribution in [3.63, 3.8) is 0 Å². The molecule has 1 aliphatic heterocycles. The van der Waals surface area contributed by atoms with Crippen LogP contribution in [0.5, 0.6) is 0 Å². The fourth-order valence-corrected chi connectivity index (χ4v) is 3.20. The number of likely N-dealkylation sites (N-methyl/N-ethyl adjacent to an activating group) is 1. The zero-order valence-electron chi connectivity index (χ0n) is 15.8. The molecule has 5 nitrogen and oxygen atoms in total. The van der Waals surface area contributed by atoms with Crippen molar-refractivity contribution in [1.82, 2.24) is 20.0 Å². The number of rotatable bonds is 6. The molecule has 0 amide bonds.